The lowest BCUT2D eigenvalue weighted by Gasteiger charge is -2.18. The third-order valence-electron chi connectivity index (χ3n) is 1.66. The molecule has 0 radical (unpaired) electrons. The first-order chi connectivity index (χ1) is 6.92. The molecule has 0 aromatic heterocycles. The van der Waals surface area contributed by atoms with Crippen LogP contribution in [0.1, 0.15) is 6.42 Å². The number of methoxy groups -OCH3 is 2. The Morgan fingerprint density at radius 1 is 1.33 bits per heavy atom. The maximum Gasteiger partial charge on any atom is 0.401 e. The number of nitrogens with zero attached hydrogens (tertiary/aromatic N) is 1. The van der Waals surface area contributed by atoms with Gasteiger partial charge in [0.15, 0.2) is 6.29 Å². The fourth-order valence-corrected chi connectivity index (χ4v) is 0.902. The smallest absolute Gasteiger partial charge is 0.356 e. The maximum absolute atomic E-state index is 11.8. The zero-order valence-corrected chi connectivity index (χ0v) is 8.47. The molecule has 4 nitrogen and oxygen atoms in total. The molecule has 7 heteroatoms. The van der Waals surface area contributed by atoms with E-state index >= 15 is 0 Å². The van der Waals surface area contributed by atoms with Crippen LogP contribution in [0.5, 0.6) is 0 Å². The summed E-state index contributed by atoms with van der Waals surface area (Å²) >= 11 is 0. The molecule has 0 aliphatic heterocycles. The molecular weight excluding hydrogens is 213 g/mol. The Balaban J connectivity index is 3.99. The fraction of sp³-hybridized carbons (Fsp3) is 0.875. The topological polar surface area (TPSA) is 54.3 Å². The molecule has 0 aromatic carbocycles. The van der Waals surface area contributed by atoms with Crippen LogP contribution in [-0.4, -0.2) is 39.3 Å². The van der Waals surface area contributed by atoms with E-state index in [1.807, 2.05) is 0 Å². The van der Waals surface area contributed by atoms with Gasteiger partial charge >= 0.3 is 6.18 Å². The maximum atomic E-state index is 11.8. The van der Waals surface area contributed by atoms with Crippen molar-refractivity contribution in [1.29, 1.82) is 5.26 Å². The van der Waals surface area contributed by atoms with Gasteiger partial charge in [-0.3, -0.25) is 5.32 Å². The number of nitriles is 1. The Morgan fingerprint density at radius 2 is 1.87 bits per heavy atom. The van der Waals surface area contributed by atoms with Gasteiger partial charge in [-0.2, -0.15) is 18.4 Å². The van der Waals surface area contributed by atoms with E-state index in [2.05, 4.69) is 5.32 Å². The van der Waals surface area contributed by atoms with Gasteiger partial charge in [-0.25, -0.2) is 0 Å². The van der Waals surface area contributed by atoms with Crippen LogP contribution in [0, 0.1) is 11.3 Å². The van der Waals surface area contributed by atoms with Gasteiger partial charge in [0.25, 0.3) is 0 Å². The van der Waals surface area contributed by atoms with E-state index in [4.69, 9.17) is 14.7 Å². The van der Waals surface area contributed by atoms with Crippen molar-refractivity contribution in [3.05, 3.63) is 0 Å². The van der Waals surface area contributed by atoms with E-state index in [0.29, 0.717) is 0 Å². The molecule has 1 unspecified atom stereocenters. The number of halogens is 3. The van der Waals surface area contributed by atoms with Crippen LogP contribution < -0.4 is 5.32 Å². The Bertz CT molecular complexity index is 211. The minimum Gasteiger partial charge on any atom is -0.356 e. The third-order valence-corrected chi connectivity index (χ3v) is 1.66. The van der Waals surface area contributed by atoms with Crippen LogP contribution in [0.4, 0.5) is 13.2 Å². The first-order valence-electron chi connectivity index (χ1n) is 4.18. The number of nitrogens with one attached hydrogen (secondary N) is 1. The molecule has 0 rings (SSSR count). The molecule has 0 fully saturated rings. The van der Waals surface area contributed by atoms with Crippen LogP contribution in [0.2, 0.25) is 0 Å². The summed E-state index contributed by atoms with van der Waals surface area (Å²) in [5, 5.41) is 10.6. The normalized spacial score (nSPS) is 13.9. The molecular formula is C8H13F3N2O2. The van der Waals surface area contributed by atoms with Gasteiger partial charge in [0.1, 0.15) is 6.04 Å². The highest BCUT2D eigenvalue weighted by Gasteiger charge is 2.28. The molecule has 0 heterocycles. The van der Waals surface area contributed by atoms with Crippen molar-refractivity contribution >= 4 is 0 Å². The van der Waals surface area contributed by atoms with Crippen LogP contribution in [0.25, 0.3) is 0 Å². The van der Waals surface area contributed by atoms with Gasteiger partial charge in [0.2, 0.25) is 0 Å². The van der Waals surface area contributed by atoms with E-state index in [-0.39, 0.29) is 6.42 Å². The second-order valence-corrected chi connectivity index (χ2v) is 2.81. The summed E-state index contributed by atoms with van der Waals surface area (Å²) in [6.45, 7) is -1.20. The number of rotatable bonds is 6. The molecule has 0 aromatic rings. The first kappa shape index (κ1) is 14.2. The molecule has 0 saturated heterocycles. The molecule has 0 saturated carbocycles. The van der Waals surface area contributed by atoms with Gasteiger partial charge in [0.05, 0.1) is 12.6 Å². The average molecular weight is 226 g/mol. The molecule has 15 heavy (non-hydrogen) atoms. The van der Waals surface area contributed by atoms with Crippen LogP contribution >= 0.6 is 0 Å². The first-order valence-corrected chi connectivity index (χ1v) is 4.18. The molecule has 0 spiro atoms. The highest BCUT2D eigenvalue weighted by Crippen LogP contribution is 2.13. The molecule has 0 aliphatic rings. The van der Waals surface area contributed by atoms with Crippen molar-refractivity contribution in [1.82, 2.24) is 5.32 Å². The SMILES string of the molecule is COC(CC(C#N)NCC(F)(F)F)OC. The van der Waals surface area contributed by atoms with E-state index < -0.39 is 25.1 Å². The summed E-state index contributed by atoms with van der Waals surface area (Å²) in [6.07, 6.45) is -4.97. The average Bonchev–Trinajstić information content (AvgIpc) is 2.17. The number of hydrogen-bond acceptors (Lipinski definition) is 4. The highest BCUT2D eigenvalue weighted by molar-refractivity contribution is 4.90. The predicted octanol–water partition coefficient (Wildman–Crippen LogP) is 1.04. The zero-order chi connectivity index (χ0) is 11.9. The largest absolute Gasteiger partial charge is 0.401 e. The summed E-state index contributed by atoms with van der Waals surface area (Å²) in [4.78, 5) is 0. The summed E-state index contributed by atoms with van der Waals surface area (Å²) in [5.74, 6) is 0. The standard InChI is InChI=1S/C8H13F3N2O2/c1-14-7(15-2)3-6(4-12)13-5-8(9,10)11/h6-7,13H,3,5H2,1-2H3. The fourth-order valence-electron chi connectivity index (χ4n) is 0.902. The molecule has 1 atom stereocenters. The Kier molecular flexibility index (Phi) is 6.24. The monoisotopic (exact) mass is 226 g/mol. The zero-order valence-electron chi connectivity index (χ0n) is 8.47. The lowest BCUT2D eigenvalue weighted by molar-refractivity contribution is -0.130. The van der Waals surface area contributed by atoms with Gasteiger partial charge in [-0.1, -0.05) is 0 Å². The van der Waals surface area contributed by atoms with E-state index in [9.17, 15) is 13.2 Å². The van der Waals surface area contributed by atoms with Crippen LogP contribution in [-0.2, 0) is 9.47 Å². The second-order valence-electron chi connectivity index (χ2n) is 2.81. The third kappa shape index (κ3) is 7.13. The van der Waals surface area contributed by atoms with Gasteiger partial charge < -0.3 is 9.47 Å². The van der Waals surface area contributed by atoms with Crippen molar-refractivity contribution in [2.24, 2.45) is 0 Å². The van der Waals surface area contributed by atoms with Crippen molar-refractivity contribution in [3.63, 3.8) is 0 Å². The van der Waals surface area contributed by atoms with Crippen molar-refractivity contribution in [2.45, 2.75) is 24.9 Å². The minimum absolute atomic E-state index is 0.0412. The quantitative estimate of drug-likeness (QED) is 0.687. The van der Waals surface area contributed by atoms with Crippen molar-refractivity contribution in [2.75, 3.05) is 20.8 Å². The summed E-state index contributed by atoms with van der Waals surface area (Å²) in [7, 11) is 2.71. The summed E-state index contributed by atoms with van der Waals surface area (Å²) in [5.41, 5.74) is 0. The number of hydrogen-bond donors (Lipinski definition) is 1. The number of alkyl halides is 3. The highest BCUT2D eigenvalue weighted by atomic mass is 19.4. The Labute approximate surface area is 86.0 Å². The van der Waals surface area contributed by atoms with E-state index in [1.165, 1.54) is 14.2 Å². The van der Waals surface area contributed by atoms with Gasteiger partial charge in [-0.05, 0) is 0 Å². The van der Waals surface area contributed by atoms with Crippen molar-refractivity contribution < 1.29 is 22.6 Å². The lowest BCUT2D eigenvalue weighted by Crippen LogP contribution is -2.38. The lowest BCUT2D eigenvalue weighted by atomic mass is 10.2. The second kappa shape index (κ2) is 6.61. The van der Waals surface area contributed by atoms with Gasteiger partial charge in [0, 0.05) is 20.6 Å². The number of ether oxygens (including phenoxy) is 2. The van der Waals surface area contributed by atoms with Crippen LogP contribution in [0.3, 0.4) is 0 Å². The molecule has 88 valence electrons. The van der Waals surface area contributed by atoms with Crippen LogP contribution in [0.15, 0.2) is 0 Å². The summed E-state index contributed by atoms with van der Waals surface area (Å²) in [6, 6.07) is 0.755. The molecule has 1 N–H and O–H groups in total. The van der Waals surface area contributed by atoms with E-state index in [1.54, 1.807) is 6.07 Å². The van der Waals surface area contributed by atoms with Gasteiger partial charge in [-0.15, -0.1) is 0 Å². The Morgan fingerprint density at radius 3 is 2.20 bits per heavy atom. The molecule has 0 aliphatic carbocycles. The van der Waals surface area contributed by atoms with Crippen molar-refractivity contribution in [3.8, 4) is 6.07 Å². The van der Waals surface area contributed by atoms with E-state index in [0.717, 1.165) is 0 Å². The molecule has 0 bridgehead atoms. The predicted molar refractivity (Wildman–Crippen MR) is 45.9 cm³/mol. The molecule has 0 amide bonds. The minimum atomic E-state index is -4.33. The Hall–Kier alpha value is -0.840. The summed E-state index contributed by atoms with van der Waals surface area (Å²) < 4.78 is 45.0.